The molecule has 2 aromatic carbocycles. The molecule has 2 amide bonds. The van der Waals surface area contributed by atoms with Crippen molar-refractivity contribution in [3.63, 3.8) is 0 Å². The number of aliphatic hydroxyl groups is 1. The standard InChI is InChI=1S/C24H22N4O3S/c1-15-22(32-14-27-15)18-7-5-16(6-8-18)12-26-23(30)21-10-20(29)13-28(21)24(31)19-4-2-3-17(9-19)11-25/h2-9,14,20-21,29H,10,12-13H2,1H3,(H,26,30). The number of hydrogen-bond acceptors (Lipinski definition) is 6. The molecule has 8 heteroatoms. The van der Waals surface area contributed by atoms with Crippen molar-refractivity contribution >= 4 is 23.2 Å². The van der Waals surface area contributed by atoms with Crippen molar-refractivity contribution in [2.75, 3.05) is 6.54 Å². The number of nitrogens with one attached hydrogen (secondary N) is 1. The normalized spacial score (nSPS) is 17.7. The van der Waals surface area contributed by atoms with Gasteiger partial charge < -0.3 is 15.3 Å². The zero-order chi connectivity index (χ0) is 22.7. The number of carbonyl (C=O) groups excluding carboxylic acids is 2. The lowest BCUT2D eigenvalue weighted by atomic mass is 10.1. The van der Waals surface area contributed by atoms with E-state index in [0.717, 1.165) is 21.7 Å². The number of aromatic nitrogens is 1. The number of hydrogen-bond donors (Lipinski definition) is 2. The van der Waals surface area contributed by atoms with E-state index < -0.39 is 12.1 Å². The Morgan fingerprint density at radius 1 is 1.28 bits per heavy atom. The van der Waals surface area contributed by atoms with Crippen molar-refractivity contribution < 1.29 is 14.7 Å². The van der Waals surface area contributed by atoms with Gasteiger partial charge in [-0.15, -0.1) is 11.3 Å². The fourth-order valence-corrected chi connectivity index (χ4v) is 4.65. The lowest BCUT2D eigenvalue weighted by molar-refractivity contribution is -0.125. The minimum atomic E-state index is -0.768. The van der Waals surface area contributed by atoms with E-state index in [1.54, 1.807) is 29.5 Å². The maximum absolute atomic E-state index is 12.9. The molecule has 4 rings (SSSR count). The van der Waals surface area contributed by atoms with Crippen LogP contribution in [0.15, 0.2) is 54.0 Å². The van der Waals surface area contributed by atoms with Gasteiger partial charge in [0.15, 0.2) is 0 Å². The quantitative estimate of drug-likeness (QED) is 0.627. The number of aryl methyl sites for hydroxylation is 1. The first-order valence-corrected chi connectivity index (χ1v) is 11.1. The molecule has 1 saturated heterocycles. The Labute approximate surface area is 190 Å². The summed E-state index contributed by atoms with van der Waals surface area (Å²) >= 11 is 1.59. The Morgan fingerprint density at radius 3 is 2.75 bits per heavy atom. The summed E-state index contributed by atoms with van der Waals surface area (Å²) in [5.74, 6) is -0.684. The molecule has 2 N–H and O–H groups in total. The predicted octanol–water partition coefficient (Wildman–Crippen LogP) is 2.88. The van der Waals surface area contributed by atoms with Gasteiger partial charge in [-0.2, -0.15) is 5.26 Å². The minimum Gasteiger partial charge on any atom is -0.391 e. The molecule has 32 heavy (non-hydrogen) atoms. The van der Waals surface area contributed by atoms with Gasteiger partial charge in [0, 0.05) is 25.1 Å². The van der Waals surface area contributed by atoms with E-state index in [1.807, 2.05) is 42.8 Å². The first kappa shape index (κ1) is 21.7. The SMILES string of the molecule is Cc1ncsc1-c1ccc(CNC(=O)C2CC(O)CN2C(=O)c2cccc(C#N)c2)cc1. The summed E-state index contributed by atoms with van der Waals surface area (Å²) in [6.07, 6.45) is -0.588. The second kappa shape index (κ2) is 9.30. The second-order valence-corrected chi connectivity index (χ2v) is 8.59. The highest BCUT2D eigenvalue weighted by atomic mass is 32.1. The van der Waals surface area contributed by atoms with E-state index in [4.69, 9.17) is 5.26 Å². The van der Waals surface area contributed by atoms with E-state index in [9.17, 15) is 14.7 Å². The third-order valence-corrected chi connectivity index (χ3v) is 6.49. The van der Waals surface area contributed by atoms with Crippen LogP contribution in [0.1, 0.15) is 33.6 Å². The monoisotopic (exact) mass is 446 g/mol. The van der Waals surface area contributed by atoms with Crippen LogP contribution >= 0.6 is 11.3 Å². The molecule has 7 nitrogen and oxygen atoms in total. The summed E-state index contributed by atoms with van der Waals surface area (Å²) in [6, 6.07) is 15.5. The minimum absolute atomic E-state index is 0.0800. The van der Waals surface area contributed by atoms with E-state index in [1.165, 1.54) is 11.0 Å². The summed E-state index contributed by atoms with van der Waals surface area (Å²) in [6.45, 7) is 2.37. The Morgan fingerprint density at radius 2 is 2.06 bits per heavy atom. The summed E-state index contributed by atoms with van der Waals surface area (Å²) in [5, 5.41) is 22.1. The van der Waals surface area contributed by atoms with Crippen molar-refractivity contribution in [1.29, 1.82) is 5.26 Å². The van der Waals surface area contributed by atoms with Gasteiger partial charge in [0.05, 0.1) is 33.8 Å². The molecule has 162 valence electrons. The van der Waals surface area contributed by atoms with Gasteiger partial charge in [0.25, 0.3) is 5.91 Å². The number of rotatable bonds is 5. The zero-order valence-electron chi connectivity index (χ0n) is 17.5. The summed E-state index contributed by atoms with van der Waals surface area (Å²) in [7, 11) is 0. The van der Waals surface area contributed by atoms with Crippen LogP contribution in [-0.2, 0) is 11.3 Å². The van der Waals surface area contributed by atoms with Crippen LogP contribution in [-0.4, -0.2) is 45.5 Å². The molecule has 2 atom stereocenters. The number of thiazole rings is 1. The number of β-amino-alcohol motifs (C(OH)–C–C–N with tert-alkyl or cyclic N) is 1. The average molecular weight is 447 g/mol. The van der Waals surface area contributed by atoms with Gasteiger partial charge in [0.2, 0.25) is 5.91 Å². The van der Waals surface area contributed by atoms with Crippen LogP contribution < -0.4 is 5.32 Å². The number of benzene rings is 2. The molecule has 0 saturated carbocycles. The average Bonchev–Trinajstić information content (AvgIpc) is 3.42. The molecule has 2 heterocycles. The number of amides is 2. The van der Waals surface area contributed by atoms with Crippen LogP contribution in [0.3, 0.4) is 0 Å². The maximum atomic E-state index is 12.9. The molecule has 2 unspecified atom stereocenters. The summed E-state index contributed by atoms with van der Waals surface area (Å²) < 4.78 is 0. The second-order valence-electron chi connectivity index (χ2n) is 7.74. The van der Waals surface area contributed by atoms with Gasteiger partial charge in [-0.3, -0.25) is 9.59 Å². The van der Waals surface area contributed by atoms with Crippen molar-refractivity contribution in [3.05, 3.63) is 76.4 Å². The van der Waals surface area contributed by atoms with Crippen LogP contribution in [0.25, 0.3) is 10.4 Å². The highest BCUT2D eigenvalue weighted by Gasteiger charge is 2.39. The highest BCUT2D eigenvalue weighted by molar-refractivity contribution is 7.13. The smallest absolute Gasteiger partial charge is 0.254 e. The topological polar surface area (TPSA) is 106 Å². The van der Waals surface area contributed by atoms with Crippen molar-refractivity contribution in [3.8, 4) is 16.5 Å². The largest absolute Gasteiger partial charge is 0.391 e. The van der Waals surface area contributed by atoms with Crippen LogP contribution in [0.2, 0.25) is 0 Å². The molecule has 0 bridgehead atoms. The number of aliphatic hydroxyl groups excluding tert-OH is 1. The molecule has 3 aromatic rings. The van der Waals surface area contributed by atoms with Gasteiger partial charge in [0.1, 0.15) is 6.04 Å². The molecular formula is C24H22N4O3S. The molecule has 0 spiro atoms. The predicted molar refractivity (Wildman–Crippen MR) is 121 cm³/mol. The summed E-state index contributed by atoms with van der Waals surface area (Å²) in [4.78, 5) is 32.6. The molecule has 0 aliphatic carbocycles. The van der Waals surface area contributed by atoms with Crippen molar-refractivity contribution in [2.45, 2.75) is 32.0 Å². The first-order chi connectivity index (χ1) is 15.5. The van der Waals surface area contributed by atoms with Crippen LogP contribution in [0.4, 0.5) is 0 Å². The number of nitrogens with zero attached hydrogens (tertiary/aromatic N) is 3. The molecule has 1 aliphatic rings. The maximum Gasteiger partial charge on any atom is 0.254 e. The highest BCUT2D eigenvalue weighted by Crippen LogP contribution is 2.27. The van der Waals surface area contributed by atoms with Gasteiger partial charge in [-0.05, 0) is 36.2 Å². The lowest BCUT2D eigenvalue weighted by Crippen LogP contribution is -2.45. The number of carbonyl (C=O) groups is 2. The summed E-state index contributed by atoms with van der Waals surface area (Å²) in [5.41, 5.74) is 5.51. The van der Waals surface area contributed by atoms with Gasteiger partial charge in [-0.1, -0.05) is 30.3 Å². The molecule has 0 radical (unpaired) electrons. The van der Waals surface area contributed by atoms with Crippen LogP contribution in [0, 0.1) is 18.3 Å². The molecule has 1 aliphatic heterocycles. The number of nitriles is 1. The Hall–Kier alpha value is -3.54. The van der Waals surface area contributed by atoms with Gasteiger partial charge in [-0.25, -0.2) is 4.98 Å². The number of likely N-dealkylation sites (tertiary alicyclic amines) is 1. The molecular weight excluding hydrogens is 424 g/mol. The third kappa shape index (κ3) is 4.54. The van der Waals surface area contributed by atoms with Crippen molar-refractivity contribution in [1.82, 2.24) is 15.2 Å². The first-order valence-electron chi connectivity index (χ1n) is 10.2. The van der Waals surface area contributed by atoms with E-state index in [0.29, 0.717) is 17.7 Å². The zero-order valence-corrected chi connectivity index (χ0v) is 18.3. The molecule has 1 aromatic heterocycles. The third-order valence-electron chi connectivity index (χ3n) is 5.51. The fourth-order valence-electron chi connectivity index (χ4n) is 3.83. The van der Waals surface area contributed by atoms with Crippen LogP contribution in [0.5, 0.6) is 0 Å². The molecule has 1 fully saturated rings. The van der Waals surface area contributed by atoms with E-state index >= 15 is 0 Å². The Kier molecular flexibility index (Phi) is 6.30. The van der Waals surface area contributed by atoms with E-state index in [2.05, 4.69) is 10.3 Å². The van der Waals surface area contributed by atoms with Crippen molar-refractivity contribution in [2.24, 2.45) is 0 Å². The van der Waals surface area contributed by atoms with E-state index in [-0.39, 0.29) is 24.8 Å². The Bertz CT molecular complexity index is 1180. The fraction of sp³-hybridized carbons (Fsp3) is 0.250. The van der Waals surface area contributed by atoms with Gasteiger partial charge >= 0.3 is 0 Å². The lowest BCUT2D eigenvalue weighted by Gasteiger charge is -2.24. The Balaban J connectivity index is 1.42.